The molecule has 1 aliphatic rings. The third-order valence-electron chi connectivity index (χ3n) is 3.68. The van der Waals surface area contributed by atoms with Gasteiger partial charge in [-0.05, 0) is 22.6 Å². The Balaban J connectivity index is 2.06. The van der Waals surface area contributed by atoms with E-state index in [0.29, 0.717) is 0 Å². The first-order valence-electron chi connectivity index (χ1n) is 6.79. The molecule has 0 saturated carbocycles. The highest BCUT2D eigenvalue weighted by Crippen LogP contribution is 2.27. The highest BCUT2D eigenvalue weighted by Gasteiger charge is 2.19. The molecule has 1 heterocycles. The Labute approximate surface area is 115 Å². The van der Waals surface area contributed by atoms with E-state index in [9.17, 15) is 0 Å². The Morgan fingerprint density at radius 1 is 0.947 bits per heavy atom. The Morgan fingerprint density at radius 2 is 1.74 bits per heavy atom. The van der Waals surface area contributed by atoms with Crippen molar-refractivity contribution in [3.8, 4) is 0 Å². The molecule has 0 radical (unpaired) electrons. The van der Waals surface area contributed by atoms with E-state index in [1.54, 1.807) is 0 Å². The van der Waals surface area contributed by atoms with Crippen molar-refractivity contribution in [2.45, 2.75) is 32.7 Å². The van der Waals surface area contributed by atoms with Crippen molar-refractivity contribution in [1.29, 1.82) is 0 Å². The molecular formula is C18H19N. The zero-order valence-corrected chi connectivity index (χ0v) is 11.8. The summed E-state index contributed by atoms with van der Waals surface area (Å²) in [5, 5.41) is 0. The largest absolute Gasteiger partial charge is 0.279 e. The topological polar surface area (TPSA) is 12.4 Å². The molecule has 0 atom stereocenters. The van der Waals surface area contributed by atoms with Crippen molar-refractivity contribution in [2.75, 3.05) is 0 Å². The molecule has 2 aromatic carbocycles. The van der Waals surface area contributed by atoms with Crippen LogP contribution in [0.15, 0.2) is 53.5 Å². The fourth-order valence-corrected chi connectivity index (χ4v) is 2.52. The summed E-state index contributed by atoms with van der Waals surface area (Å²) in [5.41, 5.74) is 6.53. The Morgan fingerprint density at radius 3 is 2.53 bits per heavy atom. The molecule has 1 heteroatoms. The Kier molecular flexibility index (Phi) is 2.78. The second-order valence-electron chi connectivity index (χ2n) is 6.15. The lowest BCUT2D eigenvalue weighted by Gasteiger charge is -2.19. The minimum atomic E-state index is 0.175. The van der Waals surface area contributed by atoms with Gasteiger partial charge in [0.1, 0.15) is 0 Å². The minimum absolute atomic E-state index is 0.175. The van der Waals surface area contributed by atoms with Crippen LogP contribution in [0, 0.1) is 0 Å². The van der Waals surface area contributed by atoms with E-state index in [1.165, 1.54) is 22.3 Å². The molecule has 19 heavy (non-hydrogen) atoms. The van der Waals surface area contributed by atoms with Gasteiger partial charge in [-0.15, -0.1) is 0 Å². The van der Waals surface area contributed by atoms with E-state index in [0.717, 1.165) is 12.3 Å². The molecule has 2 aromatic rings. The van der Waals surface area contributed by atoms with Gasteiger partial charge in [-0.2, -0.15) is 0 Å². The molecule has 0 N–H and O–H groups in total. The Bertz CT molecular complexity index is 645. The maximum atomic E-state index is 4.71. The van der Waals surface area contributed by atoms with Gasteiger partial charge >= 0.3 is 0 Å². The van der Waals surface area contributed by atoms with E-state index >= 15 is 0 Å². The van der Waals surface area contributed by atoms with Crippen molar-refractivity contribution in [1.82, 2.24) is 0 Å². The van der Waals surface area contributed by atoms with E-state index < -0.39 is 0 Å². The summed E-state index contributed by atoms with van der Waals surface area (Å²) in [6.45, 7) is 7.55. The third-order valence-corrected chi connectivity index (χ3v) is 3.68. The van der Waals surface area contributed by atoms with Gasteiger partial charge in [0.15, 0.2) is 0 Å². The van der Waals surface area contributed by atoms with Gasteiger partial charge in [-0.25, -0.2) is 0 Å². The van der Waals surface area contributed by atoms with Gasteiger partial charge in [0.05, 0.1) is 12.3 Å². The maximum Gasteiger partial charge on any atom is 0.0726 e. The third kappa shape index (κ3) is 2.21. The van der Waals surface area contributed by atoms with Gasteiger partial charge < -0.3 is 0 Å². The molecular weight excluding hydrogens is 230 g/mol. The van der Waals surface area contributed by atoms with E-state index in [4.69, 9.17) is 4.99 Å². The maximum absolute atomic E-state index is 4.71. The molecule has 0 bridgehead atoms. The molecule has 1 aliphatic heterocycles. The SMILES string of the molecule is CC(C)(C)c1cccc(C2=NCc3ccccc32)c1. The van der Waals surface area contributed by atoms with Crippen LogP contribution in [0.3, 0.4) is 0 Å². The van der Waals surface area contributed by atoms with Gasteiger partial charge in [-0.1, -0.05) is 63.2 Å². The average molecular weight is 249 g/mol. The van der Waals surface area contributed by atoms with Crippen LogP contribution < -0.4 is 0 Å². The van der Waals surface area contributed by atoms with Crippen LogP contribution in [0.1, 0.15) is 43.0 Å². The molecule has 0 unspecified atom stereocenters. The van der Waals surface area contributed by atoms with Crippen LogP contribution in [-0.4, -0.2) is 5.71 Å². The lowest BCUT2D eigenvalue weighted by Crippen LogP contribution is -2.12. The Hall–Kier alpha value is -1.89. The van der Waals surface area contributed by atoms with Gasteiger partial charge in [-0.3, -0.25) is 4.99 Å². The summed E-state index contributed by atoms with van der Waals surface area (Å²) in [5.74, 6) is 0. The lowest BCUT2D eigenvalue weighted by molar-refractivity contribution is 0.590. The number of nitrogens with zero attached hydrogens (tertiary/aromatic N) is 1. The van der Waals surface area contributed by atoms with Crippen LogP contribution >= 0.6 is 0 Å². The first-order chi connectivity index (χ1) is 9.05. The molecule has 3 rings (SSSR count). The van der Waals surface area contributed by atoms with Crippen LogP contribution in [0.5, 0.6) is 0 Å². The second kappa shape index (κ2) is 4.34. The van der Waals surface area contributed by atoms with Crippen LogP contribution in [-0.2, 0) is 12.0 Å². The molecule has 0 aromatic heterocycles. The number of hydrogen-bond acceptors (Lipinski definition) is 1. The van der Waals surface area contributed by atoms with Crippen molar-refractivity contribution >= 4 is 5.71 Å². The summed E-state index contributed by atoms with van der Waals surface area (Å²) >= 11 is 0. The highest BCUT2D eigenvalue weighted by molar-refractivity contribution is 6.15. The van der Waals surface area contributed by atoms with E-state index in [-0.39, 0.29) is 5.41 Å². The van der Waals surface area contributed by atoms with Crippen LogP contribution in [0.2, 0.25) is 0 Å². The zero-order chi connectivity index (χ0) is 13.5. The number of benzene rings is 2. The zero-order valence-electron chi connectivity index (χ0n) is 11.8. The lowest BCUT2D eigenvalue weighted by atomic mass is 9.85. The molecule has 0 aliphatic carbocycles. The van der Waals surface area contributed by atoms with E-state index in [1.807, 2.05) is 0 Å². The smallest absolute Gasteiger partial charge is 0.0726 e. The fourth-order valence-electron chi connectivity index (χ4n) is 2.52. The summed E-state index contributed by atoms with van der Waals surface area (Å²) in [6, 6.07) is 17.3. The number of fused-ring (bicyclic) bond motifs is 1. The molecule has 0 amide bonds. The van der Waals surface area contributed by atoms with Crippen LogP contribution in [0.4, 0.5) is 0 Å². The summed E-state index contributed by atoms with van der Waals surface area (Å²) in [7, 11) is 0. The van der Waals surface area contributed by atoms with Gasteiger partial charge in [0.25, 0.3) is 0 Å². The molecule has 0 saturated heterocycles. The highest BCUT2D eigenvalue weighted by atomic mass is 14.8. The van der Waals surface area contributed by atoms with Gasteiger partial charge in [0.2, 0.25) is 0 Å². The van der Waals surface area contributed by atoms with Crippen molar-refractivity contribution in [2.24, 2.45) is 4.99 Å². The number of aliphatic imine (C=N–C) groups is 1. The van der Waals surface area contributed by atoms with Gasteiger partial charge in [0, 0.05) is 11.1 Å². The second-order valence-corrected chi connectivity index (χ2v) is 6.15. The van der Waals surface area contributed by atoms with Crippen molar-refractivity contribution in [3.63, 3.8) is 0 Å². The van der Waals surface area contributed by atoms with Crippen molar-refractivity contribution < 1.29 is 0 Å². The molecule has 96 valence electrons. The number of hydrogen-bond donors (Lipinski definition) is 0. The molecule has 1 nitrogen and oxygen atoms in total. The molecule has 0 fully saturated rings. The average Bonchev–Trinajstić information content (AvgIpc) is 2.82. The summed E-state index contributed by atoms with van der Waals surface area (Å²) in [4.78, 5) is 4.71. The summed E-state index contributed by atoms with van der Waals surface area (Å²) in [6.07, 6.45) is 0. The fraction of sp³-hybridized carbons (Fsp3) is 0.278. The monoisotopic (exact) mass is 249 g/mol. The first kappa shape index (κ1) is 12.2. The minimum Gasteiger partial charge on any atom is -0.279 e. The summed E-state index contributed by atoms with van der Waals surface area (Å²) < 4.78 is 0. The predicted molar refractivity (Wildman–Crippen MR) is 80.9 cm³/mol. The first-order valence-corrected chi connectivity index (χ1v) is 6.79. The quantitative estimate of drug-likeness (QED) is 0.713. The predicted octanol–water partition coefficient (Wildman–Crippen LogP) is 4.34. The van der Waals surface area contributed by atoms with Crippen LogP contribution in [0.25, 0.3) is 0 Å². The number of rotatable bonds is 1. The normalized spacial score (nSPS) is 14.2. The van der Waals surface area contributed by atoms with E-state index in [2.05, 4.69) is 69.3 Å². The molecule has 0 spiro atoms. The van der Waals surface area contributed by atoms with Crippen molar-refractivity contribution in [3.05, 3.63) is 70.8 Å². The standard InChI is InChI=1S/C18H19N/c1-18(2,3)15-9-6-8-13(11-15)17-16-10-5-4-7-14(16)12-19-17/h4-11H,12H2,1-3H3.